The number of sulfonamides is 1. The van der Waals surface area contributed by atoms with Crippen LogP contribution in [0.2, 0.25) is 0 Å². The summed E-state index contributed by atoms with van der Waals surface area (Å²) in [4.78, 5) is 11.5. The number of carbonyl (C=O) groups is 1. The van der Waals surface area contributed by atoms with Gasteiger partial charge < -0.3 is 5.32 Å². The van der Waals surface area contributed by atoms with Gasteiger partial charge >= 0.3 is 0 Å². The van der Waals surface area contributed by atoms with Gasteiger partial charge in [-0.15, -0.1) is 0 Å². The Morgan fingerprint density at radius 1 is 1.53 bits per heavy atom. The zero-order valence-electron chi connectivity index (χ0n) is 9.12. The minimum absolute atomic E-state index is 0.00831. The van der Waals surface area contributed by atoms with Crippen LogP contribution in [-0.2, 0) is 14.8 Å². The van der Waals surface area contributed by atoms with E-state index < -0.39 is 10.0 Å². The molecule has 1 amide bonds. The third kappa shape index (κ3) is 3.46. The molecule has 6 heteroatoms. The summed E-state index contributed by atoms with van der Waals surface area (Å²) >= 11 is 0. The topological polar surface area (TPSA) is 75.3 Å². The molecule has 0 spiro atoms. The van der Waals surface area contributed by atoms with Crippen LogP contribution >= 0.6 is 0 Å². The average Bonchev–Trinajstić information content (AvgIpc) is 1.99. The van der Waals surface area contributed by atoms with Crippen molar-refractivity contribution in [3.8, 4) is 0 Å². The van der Waals surface area contributed by atoms with Crippen molar-refractivity contribution in [2.24, 2.45) is 11.8 Å². The fraction of sp³-hybridized carbons (Fsp3) is 0.889. The van der Waals surface area contributed by atoms with E-state index in [1.807, 2.05) is 0 Å². The highest BCUT2D eigenvalue weighted by molar-refractivity contribution is 7.90. The molecule has 0 bridgehead atoms. The van der Waals surface area contributed by atoms with Crippen LogP contribution in [0.5, 0.6) is 0 Å². The lowest BCUT2D eigenvalue weighted by Gasteiger charge is -2.31. The number of nitrogens with one attached hydrogen (secondary N) is 2. The molecule has 2 N–H and O–H groups in total. The molecule has 5 nitrogen and oxygen atoms in total. The molecule has 1 aliphatic heterocycles. The Balaban J connectivity index is 2.47. The lowest BCUT2D eigenvalue weighted by Crippen LogP contribution is -2.50. The monoisotopic (exact) mass is 234 g/mol. The first-order chi connectivity index (χ1) is 6.96. The molecule has 1 heterocycles. The minimum atomic E-state index is -3.41. The first-order valence-corrected chi connectivity index (χ1v) is 6.86. The lowest BCUT2D eigenvalue weighted by atomic mass is 9.89. The summed E-state index contributed by atoms with van der Waals surface area (Å²) in [5.41, 5.74) is 0. The molecule has 0 aromatic carbocycles. The van der Waals surface area contributed by atoms with Crippen molar-refractivity contribution >= 4 is 15.9 Å². The van der Waals surface area contributed by atoms with Gasteiger partial charge in [-0.05, 0) is 25.4 Å². The summed E-state index contributed by atoms with van der Waals surface area (Å²) in [5.74, 6) is -0.344. The predicted molar refractivity (Wildman–Crippen MR) is 57.7 cm³/mol. The van der Waals surface area contributed by atoms with Crippen molar-refractivity contribution in [2.75, 3.05) is 18.8 Å². The van der Waals surface area contributed by atoms with Crippen molar-refractivity contribution < 1.29 is 13.2 Å². The lowest BCUT2D eigenvalue weighted by molar-refractivity contribution is -0.124. The Kier molecular flexibility index (Phi) is 4.10. The highest BCUT2D eigenvalue weighted by atomic mass is 32.2. The summed E-state index contributed by atoms with van der Waals surface area (Å²) in [5, 5.41) is 3.06. The van der Waals surface area contributed by atoms with E-state index >= 15 is 0 Å². The normalized spacial score (nSPS) is 19.3. The highest BCUT2D eigenvalue weighted by Crippen LogP contribution is 2.16. The van der Waals surface area contributed by atoms with E-state index in [-0.39, 0.29) is 23.5 Å². The van der Waals surface area contributed by atoms with Gasteiger partial charge in [0.15, 0.2) is 0 Å². The van der Waals surface area contributed by atoms with Crippen molar-refractivity contribution in [3.05, 3.63) is 0 Å². The van der Waals surface area contributed by atoms with Gasteiger partial charge in [0, 0.05) is 5.92 Å². The Hall–Kier alpha value is -0.620. The molecule has 1 rings (SSSR count). The Bertz CT molecular complexity index is 322. The second kappa shape index (κ2) is 4.94. The molecule has 1 saturated heterocycles. The average molecular weight is 234 g/mol. The zero-order valence-corrected chi connectivity index (χ0v) is 9.93. The Morgan fingerprint density at radius 2 is 2.13 bits per heavy atom. The molecule has 1 unspecified atom stereocenters. The fourth-order valence-electron chi connectivity index (χ4n) is 1.44. The van der Waals surface area contributed by atoms with Crippen LogP contribution in [0.1, 0.15) is 20.3 Å². The Labute approximate surface area is 90.7 Å². The Morgan fingerprint density at radius 3 is 2.53 bits per heavy atom. The molecule has 1 fully saturated rings. The number of carbonyl (C=O) groups excluding carboxylic acids is 1. The predicted octanol–water partition coefficient (Wildman–Crippen LogP) is -0.302. The van der Waals surface area contributed by atoms with Crippen molar-refractivity contribution in [3.63, 3.8) is 0 Å². The largest absolute Gasteiger partial charge is 0.316 e. The van der Waals surface area contributed by atoms with E-state index in [4.69, 9.17) is 0 Å². The van der Waals surface area contributed by atoms with E-state index in [0.717, 1.165) is 13.1 Å². The molecule has 0 aromatic rings. The molecule has 1 atom stereocenters. The van der Waals surface area contributed by atoms with E-state index in [2.05, 4.69) is 10.0 Å². The van der Waals surface area contributed by atoms with Gasteiger partial charge in [0.1, 0.15) is 0 Å². The van der Waals surface area contributed by atoms with Crippen LogP contribution in [0, 0.1) is 11.8 Å². The maximum atomic E-state index is 11.5. The van der Waals surface area contributed by atoms with Gasteiger partial charge in [0.2, 0.25) is 15.9 Å². The summed E-state index contributed by atoms with van der Waals surface area (Å²) in [7, 11) is -3.41. The fourth-order valence-corrected chi connectivity index (χ4v) is 2.58. The molecule has 1 aliphatic rings. The smallest absolute Gasteiger partial charge is 0.236 e. The van der Waals surface area contributed by atoms with E-state index in [0.29, 0.717) is 6.42 Å². The SMILES string of the molecule is CCCS(=O)(=O)NC(=O)C(C)C1CNC1. The molecular formula is C9H18N2O3S. The van der Waals surface area contributed by atoms with Crippen LogP contribution < -0.4 is 10.0 Å². The first kappa shape index (κ1) is 12.4. The van der Waals surface area contributed by atoms with Gasteiger partial charge in [-0.3, -0.25) is 9.52 Å². The van der Waals surface area contributed by atoms with E-state index in [1.165, 1.54) is 0 Å². The standard InChI is InChI=1S/C9H18N2O3S/c1-3-4-15(13,14)11-9(12)7(2)8-5-10-6-8/h7-8,10H,3-6H2,1-2H3,(H,11,12). The van der Waals surface area contributed by atoms with Crippen LogP contribution in [0.15, 0.2) is 0 Å². The van der Waals surface area contributed by atoms with Crippen molar-refractivity contribution in [1.29, 1.82) is 0 Å². The summed E-state index contributed by atoms with van der Waals surface area (Å²) in [6.45, 7) is 5.12. The third-order valence-corrected chi connectivity index (χ3v) is 4.12. The third-order valence-electron chi connectivity index (χ3n) is 2.66. The van der Waals surface area contributed by atoms with Crippen LogP contribution in [0.25, 0.3) is 0 Å². The van der Waals surface area contributed by atoms with Gasteiger partial charge in [-0.2, -0.15) is 0 Å². The molecule has 15 heavy (non-hydrogen) atoms. The maximum absolute atomic E-state index is 11.5. The van der Waals surface area contributed by atoms with Gasteiger partial charge in [0.25, 0.3) is 0 Å². The van der Waals surface area contributed by atoms with Crippen LogP contribution in [0.4, 0.5) is 0 Å². The number of hydrogen-bond acceptors (Lipinski definition) is 4. The maximum Gasteiger partial charge on any atom is 0.236 e. The zero-order chi connectivity index (χ0) is 11.5. The molecule has 0 aromatic heterocycles. The minimum Gasteiger partial charge on any atom is -0.316 e. The second-order valence-corrected chi connectivity index (χ2v) is 5.83. The molecule has 0 radical (unpaired) electrons. The number of rotatable bonds is 5. The van der Waals surface area contributed by atoms with Crippen LogP contribution in [-0.4, -0.2) is 33.2 Å². The van der Waals surface area contributed by atoms with E-state index in [9.17, 15) is 13.2 Å². The summed E-state index contributed by atoms with van der Waals surface area (Å²) in [6.07, 6.45) is 0.516. The van der Waals surface area contributed by atoms with Crippen molar-refractivity contribution in [1.82, 2.24) is 10.0 Å². The van der Waals surface area contributed by atoms with E-state index in [1.54, 1.807) is 13.8 Å². The molecule has 0 saturated carbocycles. The quantitative estimate of drug-likeness (QED) is 0.684. The second-order valence-electron chi connectivity index (χ2n) is 3.99. The van der Waals surface area contributed by atoms with Gasteiger partial charge in [0.05, 0.1) is 5.75 Å². The van der Waals surface area contributed by atoms with Crippen molar-refractivity contribution in [2.45, 2.75) is 20.3 Å². The first-order valence-electron chi connectivity index (χ1n) is 5.21. The number of amides is 1. The van der Waals surface area contributed by atoms with Gasteiger partial charge in [-0.25, -0.2) is 8.42 Å². The van der Waals surface area contributed by atoms with Crippen LogP contribution in [0.3, 0.4) is 0 Å². The summed E-state index contributed by atoms with van der Waals surface area (Å²) in [6, 6.07) is 0. The summed E-state index contributed by atoms with van der Waals surface area (Å²) < 4.78 is 24.8. The molecule has 88 valence electrons. The highest BCUT2D eigenvalue weighted by Gasteiger charge is 2.30. The number of hydrogen-bond donors (Lipinski definition) is 2. The van der Waals surface area contributed by atoms with Gasteiger partial charge in [-0.1, -0.05) is 13.8 Å². The molecule has 0 aliphatic carbocycles. The molecular weight excluding hydrogens is 216 g/mol.